The van der Waals surface area contributed by atoms with Crippen LogP contribution in [0.25, 0.3) is 22.2 Å². The Morgan fingerprint density at radius 1 is 1.00 bits per heavy atom. The Morgan fingerprint density at radius 3 is 2.45 bits per heavy atom. The van der Waals surface area contributed by atoms with E-state index in [9.17, 15) is 4.79 Å². The molecule has 4 nitrogen and oxygen atoms in total. The van der Waals surface area contributed by atoms with Crippen molar-refractivity contribution < 1.29 is 9.53 Å². The molecule has 1 amide bonds. The van der Waals surface area contributed by atoms with Gasteiger partial charge in [-0.2, -0.15) is 0 Å². The van der Waals surface area contributed by atoms with E-state index >= 15 is 0 Å². The molecule has 0 saturated carbocycles. The second-order valence-electron chi connectivity index (χ2n) is 6.49. The van der Waals surface area contributed by atoms with Gasteiger partial charge < -0.3 is 10.1 Å². The largest absolute Gasteiger partial charge is 0.494 e. The highest BCUT2D eigenvalue weighted by molar-refractivity contribution is 6.30. The summed E-state index contributed by atoms with van der Waals surface area (Å²) in [7, 11) is 0. The molecule has 1 N–H and O–H groups in total. The number of nitrogens with one attached hydrogen (secondary N) is 1. The maximum atomic E-state index is 13.0. The van der Waals surface area contributed by atoms with Crippen molar-refractivity contribution in [3.63, 3.8) is 0 Å². The molecule has 1 aromatic heterocycles. The fourth-order valence-corrected chi connectivity index (χ4v) is 3.26. The minimum absolute atomic E-state index is 0.196. The number of para-hydroxylation sites is 1. The van der Waals surface area contributed by atoms with Crippen molar-refractivity contribution in [1.82, 2.24) is 4.98 Å². The summed E-state index contributed by atoms with van der Waals surface area (Å²) in [6.45, 7) is 2.56. The summed E-state index contributed by atoms with van der Waals surface area (Å²) >= 11 is 5.93. The van der Waals surface area contributed by atoms with Crippen LogP contribution in [0.2, 0.25) is 5.02 Å². The first kappa shape index (κ1) is 19.0. The summed E-state index contributed by atoms with van der Waals surface area (Å²) in [5, 5.41) is 4.36. The summed E-state index contributed by atoms with van der Waals surface area (Å²) in [4.78, 5) is 17.8. The normalized spacial score (nSPS) is 10.7. The summed E-state index contributed by atoms with van der Waals surface area (Å²) in [6.07, 6.45) is 0. The zero-order valence-electron chi connectivity index (χ0n) is 15.9. The van der Waals surface area contributed by atoms with E-state index in [4.69, 9.17) is 21.3 Å². The van der Waals surface area contributed by atoms with Crippen molar-refractivity contribution >= 4 is 34.1 Å². The van der Waals surface area contributed by atoms with Crippen molar-refractivity contribution in [1.29, 1.82) is 0 Å². The van der Waals surface area contributed by atoms with Gasteiger partial charge in [0.1, 0.15) is 5.75 Å². The number of carbonyl (C=O) groups excluding carboxylic acids is 1. The van der Waals surface area contributed by atoms with Crippen LogP contribution in [0, 0.1) is 0 Å². The molecule has 0 saturated heterocycles. The minimum Gasteiger partial charge on any atom is -0.494 e. The van der Waals surface area contributed by atoms with Gasteiger partial charge in [-0.05, 0) is 67.6 Å². The molecular weight excluding hydrogens is 384 g/mol. The Labute approximate surface area is 174 Å². The van der Waals surface area contributed by atoms with E-state index in [1.54, 1.807) is 24.3 Å². The van der Waals surface area contributed by atoms with Gasteiger partial charge in [0, 0.05) is 21.7 Å². The van der Waals surface area contributed by atoms with Crippen LogP contribution in [0.1, 0.15) is 17.3 Å². The fraction of sp³-hybridized carbons (Fsp3) is 0.0833. The van der Waals surface area contributed by atoms with Crippen LogP contribution in [-0.4, -0.2) is 17.5 Å². The summed E-state index contributed by atoms with van der Waals surface area (Å²) in [5.74, 6) is 0.607. The molecule has 0 fully saturated rings. The number of pyridine rings is 1. The van der Waals surface area contributed by atoms with Gasteiger partial charge in [-0.15, -0.1) is 0 Å². The minimum atomic E-state index is -0.196. The number of carbonyl (C=O) groups is 1. The van der Waals surface area contributed by atoms with E-state index in [1.165, 1.54) is 0 Å². The van der Waals surface area contributed by atoms with Gasteiger partial charge in [-0.3, -0.25) is 4.79 Å². The molecular formula is C24H19ClN2O2. The van der Waals surface area contributed by atoms with Crippen LogP contribution >= 0.6 is 11.6 Å². The number of halogens is 1. The third-order valence-electron chi connectivity index (χ3n) is 4.52. The number of ether oxygens (including phenoxy) is 1. The summed E-state index contributed by atoms with van der Waals surface area (Å²) in [5.41, 5.74) is 3.66. The molecule has 0 bridgehead atoms. The molecule has 0 atom stereocenters. The van der Waals surface area contributed by atoms with Gasteiger partial charge in [0.2, 0.25) is 0 Å². The van der Waals surface area contributed by atoms with Crippen LogP contribution in [0.15, 0.2) is 78.9 Å². The van der Waals surface area contributed by atoms with Crippen LogP contribution in [0.4, 0.5) is 5.69 Å². The molecule has 0 aliphatic rings. The zero-order chi connectivity index (χ0) is 20.2. The zero-order valence-corrected chi connectivity index (χ0v) is 16.6. The number of hydrogen-bond acceptors (Lipinski definition) is 3. The molecule has 0 radical (unpaired) electrons. The second-order valence-corrected chi connectivity index (χ2v) is 6.93. The average Bonchev–Trinajstić information content (AvgIpc) is 2.75. The number of hydrogen-bond donors (Lipinski definition) is 1. The smallest absolute Gasteiger partial charge is 0.256 e. The van der Waals surface area contributed by atoms with E-state index in [2.05, 4.69) is 5.32 Å². The number of benzene rings is 3. The van der Waals surface area contributed by atoms with Crippen molar-refractivity contribution in [2.75, 3.05) is 11.9 Å². The van der Waals surface area contributed by atoms with Crippen molar-refractivity contribution in [3.8, 4) is 17.0 Å². The maximum Gasteiger partial charge on any atom is 0.256 e. The lowest BCUT2D eigenvalue weighted by molar-refractivity contribution is 0.102. The predicted molar refractivity (Wildman–Crippen MR) is 118 cm³/mol. The topological polar surface area (TPSA) is 51.2 Å². The van der Waals surface area contributed by atoms with E-state index in [-0.39, 0.29) is 5.91 Å². The number of nitrogens with zero attached hydrogens (tertiary/aromatic N) is 1. The lowest BCUT2D eigenvalue weighted by Gasteiger charge is -2.11. The standard InChI is InChI=1S/C24H19ClN2O2/c1-2-29-19-13-7-16(8-14-19)23-15-21(20-5-3-4-6-22(20)27-23)24(28)26-18-11-9-17(25)10-12-18/h3-15H,2H2,1H3,(H,26,28). The molecule has 4 aromatic rings. The van der Waals surface area contributed by atoms with Gasteiger partial charge in [-0.25, -0.2) is 4.98 Å². The SMILES string of the molecule is CCOc1ccc(-c2cc(C(=O)Nc3ccc(Cl)cc3)c3ccccc3n2)cc1. The lowest BCUT2D eigenvalue weighted by Crippen LogP contribution is -2.13. The van der Waals surface area contributed by atoms with Gasteiger partial charge in [0.15, 0.2) is 0 Å². The fourth-order valence-electron chi connectivity index (χ4n) is 3.13. The van der Waals surface area contributed by atoms with E-state index in [0.29, 0.717) is 22.9 Å². The van der Waals surface area contributed by atoms with Gasteiger partial charge in [0.05, 0.1) is 23.4 Å². The Balaban J connectivity index is 1.74. The maximum absolute atomic E-state index is 13.0. The first-order chi connectivity index (χ1) is 14.1. The number of rotatable bonds is 5. The van der Waals surface area contributed by atoms with Gasteiger partial charge in [-0.1, -0.05) is 29.8 Å². The van der Waals surface area contributed by atoms with E-state index in [0.717, 1.165) is 27.9 Å². The quantitative estimate of drug-likeness (QED) is 0.432. The molecule has 5 heteroatoms. The highest BCUT2D eigenvalue weighted by Gasteiger charge is 2.14. The average molecular weight is 403 g/mol. The number of aromatic nitrogens is 1. The number of amides is 1. The molecule has 0 spiro atoms. The molecule has 0 aliphatic heterocycles. The van der Waals surface area contributed by atoms with Crippen molar-refractivity contribution in [2.45, 2.75) is 6.92 Å². The molecule has 144 valence electrons. The molecule has 1 heterocycles. The molecule has 29 heavy (non-hydrogen) atoms. The van der Waals surface area contributed by atoms with Crippen LogP contribution < -0.4 is 10.1 Å². The van der Waals surface area contributed by atoms with Gasteiger partial charge in [0.25, 0.3) is 5.91 Å². The van der Waals surface area contributed by atoms with Crippen molar-refractivity contribution in [2.24, 2.45) is 0 Å². The first-order valence-electron chi connectivity index (χ1n) is 9.34. The monoisotopic (exact) mass is 402 g/mol. The number of fused-ring (bicyclic) bond motifs is 1. The van der Waals surface area contributed by atoms with E-state index < -0.39 is 0 Å². The Morgan fingerprint density at radius 2 is 1.72 bits per heavy atom. The summed E-state index contributed by atoms with van der Waals surface area (Å²) < 4.78 is 5.51. The van der Waals surface area contributed by atoms with Crippen molar-refractivity contribution in [3.05, 3.63) is 89.4 Å². The Bertz CT molecular complexity index is 1160. The van der Waals surface area contributed by atoms with Crippen LogP contribution in [-0.2, 0) is 0 Å². The first-order valence-corrected chi connectivity index (χ1v) is 9.72. The predicted octanol–water partition coefficient (Wildman–Crippen LogP) is 6.21. The molecule has 4 rings (SSSR count). The summed E-state index contributed by atoms with van der Waals surface area (Å²) in [6, 6.07) is 24.2. The van der Waals surface area contributed by atoms with Gasteiger partial charge >= 0.3 is 0 Å². The Kier molecular flexibility index (Phi) is 5.45. The Hall–Kier alpha value is -3.37. The molecule has 0 aliphatic carbocycles. The highest BCUT2D eigenvalue weighted by Crippen LogP contribution is 2.27. The lowest BCUT2D eigenvalue weighted by atomic mass is 10.0. The third kappa shape index (κ3) is 4.23. The van der Waals surface area contributed by atoms with E-state index in [1.807, 2.05) is 61.5 Å². The number of anilines is 1. The van der Waals surface area contributed by atoms with Crippen LogP contribution in [0.5, 0.6) is 5.75 Å². The third-order valence-corrected chi connectivity index (χ3v) is 4.78. The molecule has 3 aromatic carbocycles. The molecule has 0 unspecified atom stereocenters. The van der Waals surface area contributed by atoms with Crippen LogP contribution in [0.3, 0.4) is 0 Å². The highest BCUT2D eigenvalue weighted by atomic mass is 35.5. The second kappa shape index (κ2) is 8.33.